The van der Waals surface area contributed by atoms with E-state index in [2.05, 4.69) is 11.2 Å². The van der Waals surface area contributed by atoms with Gasteiger partial charge in [-0.2, -0.15) is 5.26 Å². The van der Waals surface area contributed by atoms with Gasteiger partial charge in [-0.3, -0.25) is 4.79 Å². The van der Waals surface area contributed by atoms with Gasteiger partial charge < -0.3 is 14.8 Å². The molecule has 2 aromatic rings. The highest BCUT2D eigenvalue weighted by Gasteiger charge is 2.09. The van der Waals surface area contributed by atoms with Gasteiger partial charge in [0.15, 0.2) is 0 Å². The highest BCUT2D eigenvalue weighted by Crippen LogP contribution is 2.17. The molecule has 0 aliphatic rings. The molecule has 0 radical (unpaired) electrons. The summed E-state index contributed by atoms with van der Waals surface area (Å²) in [6.45, 7) is 0.183. The Balaban J connectivity index is 2.09. The summed E-state index contributed by atoms with van der Waals surface area (Å²) in [6.07, 6.45) is 6.63. The molecule has 0 fully saturated rings. The zero-order valence-electron chi connectivity index (χ0n) is 13.7. The number of nitriles is 1. The van der Waals surface area contributed by atoms with E-state index in [-0.39, 0.29) is 12.2 Å². The van der Waals surface area contributed by atoms with E-state index in [1.165, 1.54) is 6.08 Å². The first kappa shape index (κ1) is 17.7. The minimum absolute atomic E-state index is 0.00638. The number of ether oxygens (including phenoxy) is 2. The molecular formula is C20H16N2O3. The maximum atomic E-state index is 12.2. The van der Waals surface area contributed by atoms with Crippen LogP contribution in [-0.4, -0.2) is 19.6 Å². The molecule has 0 saturated carbocycles. The monoisotopic (exact) mass is 332 g/mol. The standard InChI is InChI=1S/C20H16N2O3/c1-3-12-25-19-8-4-15(5-9-19)13-16(14-21)20(23)22-17-6-10-18(24-2)11-7-17/h1,4-11,13H,12H2,2H3,(H,22,23)/b16-13-. The van der Waals surface area contributed by atoms with Crippen molar-refractivity contribution < 1.29 is 14.3 Å². The lowest BCUT2D eigenvalue weighted by Gasteiger charge is -2.06. The maximum absolute atomic E-state index is 12.2. The van der Waals surface area contributed by atoms with E-state index in [0.29, 0.717) is 22.7 Å². The number of carbonyl (C=O) groups excluding carboxylic acids is 1. The molecule has 1 amide bonds. The Hall–Kier alpha value is -3.70. The van der Waals surface area contributed by atoms with Crippen LogP contribution in [0.1, 0.15) is 5.56 Å². The summed E-state index contributed by atoms with van der Waals surface area (Å²) < 4.78 is 10.3. The van der Waals surface area contributed by atoms with Gasteiger partial charge in [-0.15, -0.1) is 6.42 Å². The van der Waals surface area contributed by atoms with Crippen LogP contribution in [0.4, 0.5) is 5.69 Å². The summed E-state index contributed by atoms with van der Waals surface area (Å²) in [7, 11) is 1.56. The lowest BCUT2D eigenvalue weighted by Crippen LogP contribution is -2.13. The van der Waals surface area contributed by atoms with Crippen LogP contribution in [0.3, 0.4) is 0 Å². The quantitative estimate of drug-likeness (QED) is 0.501. The molecule has 0 aliphatic carbocycles. The summed E-state index contributed by atoms with van der Waals surface area (Å²) in [4.78, 5) is 12.2. The fourth-order valence-electron chi connectivity index (χ4n) is 1.97. The predicted molar refractivity (Wildman–Crippen MR) is 96.0 cm³/mol. The Labute approximate surface area is 146 Å². The van der Waals surface area contributed by atoms with Crippen molar-refractivity contribution in [1.29, 1.82) is 5.26 Å². The van der Waals surface area contributed by atoms with Crippen LogP contribution in [0.2, 0.25) is 0 Å². The number of hydrogen-bond acceptors (Lipinski definition) is 4. The topological polar surface area (TPSA) is 71.3 Å². The molecule has 1 N–H and O–H groups in total. The molecule has 0 aromatic heterocycles. The van der Waals surface area contributed by atoms with E-state index in [4.69, 9.17) is 15.9 Å². The number of nitrogens with one attached hydrogen (secondary N) is 1. The summed E-state index contributed by atoms with van der Waals surface area (Å²) >= 11 is 0. The van der Waals surface area contributed by atoms with Crippen molar-refractivity contribution in [2.75, 3.05) is 19.0 Å². The van der Waals surface area contributed by atoms with Crippen molar-refractivity contribution in [1.82, 2.24) is 0 Å². The zero-order valence-corrected chi connectivity index (χ0v) is 13.7. The van der Waals surface area contributed by atoms with Gasteiger partial charge in [0.2, 0.25) is 0 Å². The van der Waals surface area contributed by atoms with E-state index in [0.717, 1.165) is 0 Å². The first-order valence-corrected chi connectivity index (χ1v) is 7.40. The second-order valence-electron chi connectivity index (χ2n) is 4.91. The molecule has 25 heavy (non-hydrogen) atoms. The van der Waals surface area contributed by atoms with Crippen LogP contribution in [0.25, 0.3) is 6.08 Å². The van der Waals surface area contributed by atoms with Crippen LogP contribution in [0.5, 0.6) is 11.5 Å². The zero-order chi connectivity index (χ0) is 18.1. The molecule has 2 rings (SSSR count). The highest BCUT2D eigenvalue weighted by atomic mass is 16.5. The largest absolute Gasteiger partial charge is 0.497 e. The van der Waals surface area contributed by atoms with Gasteiger partial charge in [-0.05, 0) is 48.0 Å². The Morgan fingerprint density at radius 2 is 1.80 bits per heavy atom. The number of hydrogen-bond donors (Lipinski definition) is 1. The molecule has 0 atom stereocenters. The van der Waals surface area contributed by atoms with Crippen LogP contribution < -0.4 is 14.8 Å². The molecule has 5 heteroatoms. The number of amides is 1. The minimum Gasteiger partial charge on any atom is -0.497 e. The third-order valence-corrected chi connectivity index (χ3v) is 3.23. The van der Waals surface area contributed by atoms with E-state index in [1.54, 1.807) is 55.6 Å². The van der Waals surface area contributed by atoms with Crippen molar-refractivity contribution in [2.45, 2.75) is 0 Å². The smallest absolute Gasteiger partial charge is 0.266 e. The molecule has 0 bridgehead atoms. The fraction of sp³-hybridized carbons (Fsp3) is 0.100. The maximum Gasteiger partial charge on any atom is 0.266 e. The van der Waals surface area contributed by atoms with Crippen molar-refractivity contribution in [2.24, 2.45) is 0 Å². The fourth-order valence-corrected chi connectivity index (χ4v) is 1.97. The number of methoxy groups -OCH3 is 1. The van der Waals surface area contributed by atoms with Gasteiger partial charge in [-0.25, -0.2) is 0 Å². The highest BCUT2D eigenvalue weighted by molar-refractivity contribution is 6.09. The molecule has 124 valence electrons. The van der Waals surface area contributed by atoms with Crippen LogP contribution >= 0.6 is 0 Å². The average molecular weight is 332 g/mol. The van der Waals surface area contributed by atoms with Crippen molar-refractivity contribution in [3.05, 3.63) is 59.7 Å². The number of carbonyl (C=O) groups is 1. The lowest BCUT2D eigenvalue weighted by atomic mass is 10.1. The molecule has 2 aromatic carbocycles. The van der Waals surface area contributed by atoms with E-state index in [9.17, 15) is 10.1 Å². The third kappa shape index (κ3) is 5.16. The first-order chi connectivity index (χ1) is 12.2. The van der Waals surface area contributed by atoms with Gasteiger partial charge in [0, 0.05) is 5.69 Å². The van der Waals surface area contributed by atoms with Gasteiger partial charge in [-0.1, -0.05) is 18.1 Å². The summed E-state index contributed by atoms with van der Waals surface area (Å²) in [6, 6.07) is 15.7. The summed E-state index contributed by atoms with van der Waals surface area (Å²) in [5.74, 6) is 3.20. The van der Waals surface area contributed by atoms with Gasteiger partial charge in [0.1, 0.15) is 29.7 Å². The minimum atomic E-state index is -0.486. The van der Waals surface area contributed by atoms with Crippen LogP contribution in [-0.2, 0) is 4.79 Å². The van der Waals surface area contributed by atoms with Gasteiger partial charge in [0.25, 0.3) is 5.91 Å². The van der Waals surface area contributed by atoms with Crippen molar-refractivity contribution >= 4 is 17.7 Å². The number of anilines is 1. The van der Waals surface area contributed by atoms with E-state index < -0.39 is 5.91 Å². The summed E-state index contributed by atoms with van der Waals surface area (Å²) in [5.41, 5.74) is 1.27. The number of rotatable bonds is 6. The van der Waals surface area contributed by atoms with Gasteiger partial charge >= 0.3 is 0 Å². The second kappa shape index (κ2) is 8.81. The van der Waals surface area contributed by atoms with E-state index in [1.807, 2.05) is 6.07 Å². The molecule has 0 unspecified atom stereocenters. The Morgan fingerprint density at radius 1 is 1.16 bits per heavy atom. The molecule has 0 aliphatic heterocycles. The second-order valence-corrected chi connectivity index (χ2v) is 4.91. The lowest BCUT2D eigenvalue weighted by molar-refractivity contribution is -0.112. The van der Waals surface area contributed by atoms with Gasteiger partial charge in [0.05, 0.1) is 7.11 Å². The van der Waals surface area contributed by atoms with Crippen molar-refractivity contribution in [3.8, 4) is 29.9 Å². The van der Waals surface area contributed by atoms with Crippen LogP contribution in [0.15, 0.2) is 54.1 Å². The third-order valence-electron chi connectivity index (χ3n) is 3.23. The first-order valence-electron chi connectivity index (χ1n) is 7.40. The van der Waals surface area contributed by atoms with E-state index >= 15 is 0 Å². The summed E-state index contributed by atoms with van der Waals surface area (Å²) in [5, 5.41) is 11.9. The predicted octanol–water partition coefficient (Wildman–Crippen LogP) is 3.25. The number of nitrogens with zero attached hydrogens (tertiary/aromatic N) is 1. The number of benzene rings is 2. The SMILES string of the molecule is C#CCOc1ccc(/C=C(/C#N)C(=O)Nc2ccc(OC)cc2)cc1. The molecular weight excluding hydrogens is 316 g/mol. The Bertz CT molecular complexity index is 838. The van der Waals surface area contributed by atoms with Crippen LogP contribution in [0, 0.1) is 23.7 Å². The molecule has 0 saturated heterocycles. The average Bonchev–Trinajstić information content (AvgIpc) is 2.65. The molecule has 0 heterocycles. The normalized spacial score (nSPS) is 10.3. The Morgan fingerprint density at radius 3 is 2.36 bits per heavy atom. The Kier molecular flexibility index (Phi) is 6.22. The molecule has 0 spiro atoms. The van der Waals surface area contributed by atoms with Crippen molar-refractivity contribution in [3.63, 3.8) is 0 Å². The molecule has 5 nitrogen and oxygen atoms in total. The number of terminal acetylenes is 1.